The van der Waals surface area contributed by atoms with Gasteiger partial charge in [0.2, 0.25) is 0 Å². The molecule has 1 heterocycles. The number of thioether (sulfide) groups is 1. The zero-order valence-corrected chi connectivity index (χ0v) is 13.1. The van der Waals surface area contributed by atoms with E-state index in [1.54, 1.807) is 0 Å². The van der Waals surface area contributed by atoms with E-state index in [0.717, 1.165) is 17.4 Å². The van der Waals surface area contributed by atoms with Gasteiger partial charge >= 0.3 is 0 Å². The zero-order valence-electron chi connectivity index (χ0n) is 12.3. The van der Waals surface area contributed by atoms with Crippen molar-refractivity contribution < 1.29 is 4.74 Å². The Hall–Kier alpha value is -0.670. The van der Waals surface area contributed by atoms with Crippen molar-refractivity contribution in [1.29, 1.82) is 0 Å². The molecule has 0 spiro atoms. The molecule has 3 rings (SSSR count). The summed E-state index contributed by atoms with van der Waals surface area (Å²) in [6, 6.07) is 8.50. The Bertz CT molecular complexity index is 450. The van der Waals surface area contributed by atoms with Crippen LogP contribution in [0.4, 0.5) is 0 Å². The van der Waals surface area contributed by atoms with Crippen molar-refractivity contribution in [3.63, 3.8) is 0 Å². The third-order valence-corrected chi connectivity index (χ3v) is 6.09. The Morgan fingerprint density at radius 3 is 2.95 bits per heavy atom. The third-order valence-electron chi connectivity index (χ3n) is 4.95. The monoisotopic (exact) mass is 291 g/mol. The molecular weight excluding hydrogens is 266 g/mol. The summed E-state index contributed by atoms with van der Waals surface area (Å²) in [7, 11) is 0. The number of fused-ring (bicyclic) bond motifs is 1. The maximum absolute atomic E-state index is 6.61. The van der Waals surface area contributed by atoms with Crippen LogP contribution in [0.5, 0.6) is 5.75 Å². The molecule has 1 aliphatic heterocycles. The van der Waals surface area contributed by atoms with E-state index in [1.807, 2.05) is 17.8 Å². The van der Waals surface area contributed by atoms with E-state index < -0.39 is 0 Å². The van der Waals surface area contributed by atoms with Crippen LogP contribution in [0, 0.1) is 11.8 Å². The Morgan fingerprint density at radius 2 is 2.10 bits per heavy atom. The van der Waals surface area contributed by atoms with Gasteiger partial charge < -0.3 is 10.5 Å². The Morgan fingerprint density at radius 1 is 1.30 bits per heavy atom. The molecule has 0 bridgehead atoms. The summed E-state index contributed by atoms with van der Waals surface area (Å²) >= 11 is 1.89. The highest BCUT2D eigenvalue weighted by molar-refractivity contribution is 7.99. The van der Waals surface area contributed by atoms with Crippen molar-refractivity contribution in [3.8, 4) is 5.75 Å². The van der Waals surface area contributed by atoms with E-state index >= 15 is 0 Å². The van der Waals surface area contributed by atoms with Crippen LogP contribution in [0.2, 0.25) is 0 Å². The smallest absolute Gasteiger partial charge is 0.133 e. The van der Waals surface area contributed by atoms with Gasteiger partial charge in [-0.1, -0.05) is 44.7 Å². The second kappa shape index (κ2) is 6.40. The molecule has 4 unspecified atom stereocenters. The molecular formula is C17H25NOS. The summed E-state index contributed by atoms with van der Waals surface area (Å²) in [5.74, 6) is 3.45. The number of hydrogen-bond acceptors (Lipinski definition) is 3. The predicted molar refractivity (Wildman–Crippen MR) is 85.3 cm³/mol. The number of benzene rings is 1. The van der Waals surface area contributed by atoms with E-state index in [-0.39, 0.29) is 12.1 Å². The first-order valence-electron chi connectivity index (χ1n) is 7.93. The van der Waals surface area contributed by atoms with Crippen molar-refractivity contribution in [2.24, 2.45) is 17.6 Å². The largest absolute Gasteiger partial charge is 0.487 e. The molecule has 110 valence electrons. The van der Waals surface area contributed by atoms with E-state index in [1.165, 1.54) is 37.0 Å². The van der Waals surface area contributed by atoms with E-state index in [4.69, 9.17) is 10.5 Å². The minimum absolute atomic E-state index is 0.173. The van der Waals surface area contributed by atoms with Crippen molar-refractivity contribution in [2.75, 3.05) is 5.75 Å². The molecule has 2 aliphatic rings. The van der Waals surface area contributed by atoms with Crippen molar-refractivity contribution in [2.45, 2.75) is 56.1 Å². The molecule has 4 atom stereocenters. The lowest BCUT2D eigenvalue weighted by molar-refractivity contribution is 0.103. The van der Waals surface area contributed by atoms with Gasteiger partial charge in [0.05, 0.1) is 0 Å². The van der Waals surface area contributed by atoms with Crippen LogP contribution in [0.15, 0.2) is 29.2 Å². The molecule has 1 aliphatic carbocycles. The van der Waals surface area contributed by atoms with Gasteiger partial charge in [-0.15, -0.1) is 11.8 Å². The first-order valence-corrected chi connectivity index (χ1v) is 8.92. The quantitative estimate of drug-likeness (QED) is 0.911. The second-order valence-corrected chi connectivity index (χ2v) is 7.17. The summed E-state index contributed by atoms with van der Waals surface area (Å²) < 4.78 is 6.19. The van der Waals surface area contributed by atoms with Crippen LogP contribution in [-0.4, -0.2) is 17.9 Å². The topological polar surface area (TPSA) is 35.2 Å². The lowest BCUT2D eigenvalue weighted by Gasteiger charge is -2.39. The van der Waals surface area contributed by atoms with E-state index in [2.05, 4.69) is 25.1 Å². The molecule has 0 radical (unpaired) electrons. The fraction of sp³-hybridized carbons (Fsp3) is 0.647. The van der Waals surface area contributed by atoms with Gasteiger partial charge in [0.25, 0.3) is 0 Å². The summed E-state index contributed by atoms with van der Waals surface area (Å²) in [6.45, 7) is 2.31. The fourth-order valence-electron chi connectivity index (χ4n) is 3.75. The molecule has 0 amide bonds. The first kappa shape index (κ1) is 14.3. The predicted octanol–water partition coefficient (Wildman–Crippen LogP) is 4.08. The SMILES string of the molecule is CCC1CCCCC1C(N)C1CSc2ccccc2O1. The maximum Gasteiger partial charge on any atom is 0.133 e. The summed E-state index contributed by atoms with van der Waals surface area (Å²) in [5, 5.41) is 0. The van der Waals surface area contributed by atoms with Gasteiger partial charge in [0.15, 0.2) is 0 Å². The van der Waals surface area contributed by atoms with Gasteiger partial charge in [-0.25, -0.2) is 0 Å². The summed E-state index contributed by atoms with van der Waals surface area (Å²) in [5.41, 5.74) is 6.61. The minimum Gasteiger partial charge on any atom is -0.487 e. The number of nitrogens with two attached hydrogens (primary N) is 1. The zero-order chi connectivity index (χ0) is 13.9. The highest BCUT2D eigenvalue weighted by Crippen LogP contribution is 2.40. The summed E-state index contributed by atoms with van der Waals surface area (Å²) in [6.07, 6.45) is 6.79. The summed E-state index contributed by atoms with van der Waals surface area (Å²) in [4.78, 5) is 1.26. The molecule has 2 nitrogen and oxygen atoms in total. The van der Waals surface area contributed by atoms with Crippen LogP contribution in [0.25, 0.3) is 0 Å². The van der Waals surface area contributed by atoms with Crippen molar-refractivity contribution in [1.82, 2.24) is 0 Å². The molecule has 0 aromatic heterocycles. The average molecular weight is 291 g/mol. The second-order valence-electron chi connectivity index (χ2n) is 6.11. The van der Waals surface area contributed by atoms with Crippen molar-refractivity contribution in [3.05, 3.63) is 24.3 Å². The molecule has 20 heavy (non-hydrogen) atoms. The standard InChI is InChI=1S/C17H25NOS/c1-2-12-7-3-4-8-13(12)17(18)15-11-20-16-10-6-5-9-14(16)19-15/h5-6,9-10,12-13,15,17H,2-4,7-8,11,18H2,1H3. The third kappa shape index (κ3) is 2.84. The molecule has 3 heteroatoms. The van der Waals surface area contributed by atoms with Crippen molar-refractivity contribution >= 4 is 11.8 Å². The molecule has 1 aromatic carbocycles. The molecule has 1 saturated carbocycles. The van der Waals surface area contributed by atoms with Gasteiger partial charge in [0, 0.05) is 16.7 Å². The highest BCUT2D eigenvalue weighted by atomic mass is 32.2. The number of para-hydroxylation sites is 1. The average Bonchev–Trinajstić information content (AvgIpc) is 2.53. The lowest BCUT2D eigenvalue weighted by atomic mass is 9.73. The van der Waals surface area contributed by atoms with Crippen LogP contribution in [0.1, 0.15) is 39.0 Å². The van der Waals surface area contributed by atoms with Gasteiger partial charge in [0.1, 0.15) is 11.9 Å². The maximum atomic E-state index is 6.61. The Balaban J connectivity index is 1.70. The Labute approximate surface area is 126 Å². The van der Waals surface area contributed by atoms with Crippen LogP contribution >= 0.6 is 11.8 Å². The van der Waals surface area contributed by atoms with Crippen LogP contribution in [-0.2, 0) is 0 Å². The minimum atomic E-state index is 0.173. The Kier molecular flexibility index (Phi) is 4.57. The number of rotatable bonds is 3. The normalized spacial score (nSPS) is 31.2. The molecule has 1 aromatic rings. The molecule has 1 fully saturated rings. The van der Waals surface area contributed by atoms with Crippen LogP contribution < -0.4 is 10.5 Å². The first-order chi connectivity index (χ1) is 9.79. The van der Waals surface area contributed by atoms with Gasteiger partial charge in [-0.2, -0.15) is 0 Å². The van der Waals surface area contributed by atoms with Gasteiger partial charge in [-0.05, 0) is 30.4 Å². The molecule has 2 N–H and O–H groups in total. The number of ether oxygens (including phenoxy) is 1. The highest BCUT2D eigenvalue weighted by Gasteiger charge is 2.35. The van der Waals surface area contributed by atoms with Gasteiger partial charge in [-0.3, -0.25) is 0 Å². The lowest BCUT2D eigenvalue weighted by Crippen LogP contribution is -2.49. The molecule has 0 saturated heterocycles. The number of hydrogen-bond donors (Lipinski definition) is 1. The van der Waals surface area contributed by atoms with Crippen LogP contribution in [0.3, 0.4) is 0 Å². The van der Waals surface area contributed by atoms with E-state index in [0.29, 0.717) is 5.92 Å². The van der Waals surface area contributed by atoms with E-state index in [9.17, 15) is 0 Å². The fourth-order valence-corrected chi connectivity index (χ4v) is 4.82.